The van der Waals surface area contributed by atoms with Crippen molar-refractivity contribution in [3.8, 4) is 0 Å². The molecule has 5 heteroatoms. The first-order chi connectivity index (χ1) is 14.5. The number of hydrogen-bond donors (Lipinski definition) is 1. The lowest BCUT2D eigenvalue weighted by molar-refractivity contribution is 0.0950. The molecule has 0 saturated carbocycles. The first-order valence-electron chi connectivity index (χ1n) is 10.1. The molecule has 30 heavy (non-hydrogen) atoms. The van der Waals surface area contributed by atoms with E-state index >= 15 is 0 Å². The Labute approximate surface area is 181 Å². The van der Waals surface area contributed by atoms with E-state index in [4.69, 9.17) is 11.6 Å². The maximum atomic E-state index is 13.0. The van der Waals surface area contributed by atoms with Crippen LogP contribution in [-0.4, -0.2) is 18.4 Å². The van der Waals surface area contributed by atoms with Crippen molar-refractivity contribution in [3.05, 3.63) is 99.6 Å². The second kappa shape index (κ2) is 8.72. The van der Waals surface area contributed by atoms with Gasteiger partial charge in [-0.2, -0.15) is 0 Å². The third kappa shape index (κ3) is 4.39. The first kappa shape index (κ1) is 20.2. The predicted molar refractivity (Wildman–Crippen MR) is 120 cm³/mol. The lowest BCUT2D eigenvalue weighted by atomic mass is 9.98. The number of anilines is 1. The molecule has 3 aromatic carbocycles. The van der Waals surface area contributed by atoms with Crippen molar-refractivity contribution in [3.63, 3.8) is 0 Å². The zero-order chi connectivity index (χ0) is 21.1. The third-order valence-corrected chi connectivity index (χ3v) is 5.59. The van der Waals surface area contributed by atoms with E-state index in [0.29, 0.717) is 29.2 Å². The fraction of sp³-hybridized carbons (Fsp3) is 0.200. The van der Waals surface area contributed by atoms with Crippen LogP contribution in [0.1, 0.15) is 43.8 Å². The van der Waals surface area contributed by atoms with Gasteiger partial charge in [0.05, 0.1) is 0 Å². The molecule has 1 heterocycles. The number of nitrogens with zero attached hydrogens (tertiary/aromatic N) is 1. The Kier molecular flexibility index (Phi) is 5.86. The van der Waals surface area contributed by atoms with Gasteiger partial charge in [-0.15, -0.1) is 0 Å². The average Bonchev–Trinajstić information content (AvgIpc) is 2.77. The van der Waals surface area contributed by atoms with Gasteiger partial charge in [0.1, 0.15) is 0 Å². The number of aryl methyl sites for hydroxylation is 2. The van der Waals surface area contributed by atoms with Crippen LogP contribution in [0.5, 0.6) is 0 Å². The van der Waals surface area contributed by atoms with E-state index in [2.05, 4.69) is 5.32 Å². The molecule has 1 aliphatic heterocycles. The molecule has 0 spiro atoms. The zero-order valence-corrected chi connectivity index (χ0v) is 17.6. The number of rotatable bonds is 4. The van der Waals surface area contributed by atoms with E-state index in [9.17, 15) is 9.59 Å². The van der Waals surface area contributed by atoms with E-state index in [0.717, 1.165) is 29.7 Å². The Morgan fingerprint density at radius 3 is 2.57 bits per heavy atom. The lowest BCUT2D eigenvalue weighted by Crippen LogP contribution is -2.35. The van der Waals surface area contributed by atoms with Crippen molar-refractivity contribution < 1.29 is 9.59 Å². The van der Waals surface area contributed by atoms with Crippen molar-refractivity contribution >= 4 is 29.1 Å². The van der Waals surface area contributed by atoms with Crippen LogP contribution in [0.3, 0.4) is 0 Å². The van der Waals surface area contributed by atoms with Gasteiger partial charge in [0, 0.05) is 34.9 Å². The van der Waals surface area contributed by atoms with Crippen LogP contribution in [0, 0.1) is 6.92 Å². The number of halogens is 1. The molecule has 4 rings (SSSR count). The summed E-state index contributed by atoms with van der Waals surface area (Å²) in [6.07, 6.45) is 1.70. The Hall–Kier alpha value is -3.11. The Morgan fingerprint density at radius 2 is 1.80 bits per heavy atom. The Morgan fingerprint density at radius 1 is 1.00 bits per heavy atom. The van der Waals surface area contributed by atoms with Crippen molar-refractivity contribution in [2.75, 3.05) is 11.4 Å². The molecule has 0 aliphatic carbocycles. The van der Waals surface area contributed by atoms with Crippen LogP contribution in [0.25, 0.3) is 0 Å². The van der Waals surface area contributed by atoms with Gasteiger partial charge < -0.3 is 10.2 Å². The third-order valence-electron chi connectivity index (χ3n) is 5.35. The van der Waals surface area contributed by atoms with Gasteiger partial charge in [0.15, 0.2) is 0 Å². The molecule has 0 fully saturated rings. The first-order valence-corrected chi connectivity index (χ1v) is 10.4. The Bertz CT molecular complexity index is 1090. The van der Waals surface area contributed by atoms with Gasteiger partial charge in [-0.25, -0.2) is 0 Å². The molecule has 0 atom stereocenters. The summed E-state index contributed by atoms with van der Waals surface area (Å²) in [7, 11) is 0. The van der Waals surface area contributed by atoms with Crippen LogP contribution >= 0.6 is 11.6 Å². The number of benzene rings is 3. The molecule has 0 aromatic heterocycles. The largest absolute Gasteiger partial charge is 0.348 e. The summed E-state index contributed by atoms with van der Waals surface area (Å²) in [5.74, 6) is -0.188. The highest BCUT2D eigenvalue weighted by atomic mass is 35.5. The summed E-state index contributed by atoms with van der Waals surface area (Å²) < 4.78 is 0. The second-order valence-electron chi connectivity index (χ2n) is 7.58. The van der Waals surface area contributed by atoms with Crippen molar-refractivity contribution in [1.82, 2.24) is 5.32 Å². The minimum Gasteiger partial charge on any atom is -0.348 e. The number of carbonyl (C=O) groups is 2. The number of amides is 2. The van der Waals surface area contributed by atoms with Crippen LogP contribution in [0.2, 0.25) is 5.02 Å². The summed E-state index contributed by atoms with van der Waals surface area (Å²) in [6, 6.07) is 20.6. The molecular weight excluding hydrogens is 396 g/mol. The maximum Gasteiger partial charge on any atom is 0.258 e. The molecule has 0 bridgehead atoms. The second-order valence-corrected chi connectivity index (χ2v) is 8.02. The number of nitrogens with one attached hydrogen (secondary N) is 1. The molecule has 3 aromatic rings. The van der Waals surface area contributed by atoms with Crippen LogP contribution in [0.4, 0.5) is 5.69 Å². The van der Waals surface area contributed by atoms with E-state index in [1.54, 1.807) is 35.2 Å². The van der Waals surface area contributed by atoms with E-state index in [1.807, 2.05) is 43.3 Å². The van der Waals surface area contributed by atoms with Gasteiger partial charge >= 0.3 is 0 Å². The highest BCUT2D eigenvalue weighted by Gasteiger charge is 2.24. The molecular formula is C25H23ClN2O2. The summed E-state index contributed by atoms with van der Waals surface area (Å²) in [5, 5.41) is 3.51. The van der Waals surface area contributed by atoms with E-state index in [-0.39, 0.29) is 11.8 Å². The monoisotopic (exact) mass is 418 g/mol. The molecule has 2 amide bonds. The molecule has 1 aliphatic rings. The molecule has 0 radical (unpaired) electrons. The van der Waals surface area contributed by atoms with Gasteiger partial charge in [-0.1, -0.05) is 47.5 Å². The number of carbonyl (C=O) groups excluding carboxylic acids is 2. The minimum absolute atomic E-state index is 0.0741. The van der Waals surface area contributed by atoms with Gasteiger partial charge in [0.25, 0.3) is 11.8 Å². The Balaban J connectivity index is 1.50. The predicted octanol–water partition coefficient (Wildman–Crippen LogP) is 5.17. The van der Waals surface area contributed by atoms with Gasteiger partial charge in [0.2, 0.25) is 0 Å². The highest BCUT2D eigenvalue weighted by Crippen LogP contribution is 2.30. The quantitative estimate of drug-likeness (QED) is 0.635. The van der Waals surface area contributed by atoms with Crippen LogP contribution in [-0.2, 0) is 13.0 Å². The van der Waals surface area contributed by atoms with E-state index in [1.165, 1.54) is 5.56 Å². The summed E-state index contributed by atoms with van der Waals surface area (Å²) >= 11 is 6.05. The van der Waals surface area contributed by atoms with Gasteiger partial charge in [-0.05, 0) is 67.3 Å². The van der Waals surface area contributed by atoms with Crippen molar-refractivity contribution in [2.24, 2.45) is 0 Å². The molecule has 4 nitrogen and oxygen atoms in total. The van der Waals surface area contributed by atoms with Crippen LogP contribution < -0.4 is 10.2 Å². The highest BCUT2D eigenvalue weighted by molar-refractivity contribution is 6.31. The SMILES string of the molecule is Cc1ccc(CNC(=O)c2ccc3c(c2)CCCN3C(=O)c2cccc(Cl)c2)cc1. The molecule has 1 N–H and O–H groups in total. The molecule has 152 valence electrons. The van der Waals surface area contributed by atoms with Crippen LogP contribution in [0.15, 0.2) is 66.7 Å². The molecule has 0 saturated heterocycles. The summed E-state index contributed by atoms with van der Waals surface area (Å²) in [6.45, 7) is 3.17. The summed E-state index contributed by atoms with van der Waals surface area (Å²) in [4.78, 5) is 27.4. The van der Waals surface area contributed by atoms with Gasteiger partial charge in [-0.3, -0.25) is 9.59 Å². The fourth-order valence-corrected chi connectivity index (χ4v) is 3.91. The van der Waals surface area contributed by atoms with Crippen molar-refractivity contribution in [2.45, 2.75) is 26.3 Å². The number of fused-ring (bicyclic) bond motifs is 1. The summed E-state index contributed by atoms with van der Waals surface area (Å²) in [5.41, 5.74) is 5.30. The van der Waals surface area contributed by atoms with Crippen molar-refractivity contribution in [1.29, 1.82) is 0 Å². The topological polar surface area (TPSA) is 49.4 Å². The normalized spacial score (nSPS) is 12.9. The maximum absolute atomic E-state index is 13.0. The lowest BCUT2D eigenvalue weighted by Gasteiger charge is -2.30. The zero-order valence-electron chi connectivity index (χ0n) is 16.8. The standard InChI is InChI=1S/C25H23ClN2O2/c1-17-7-9-18(10-8-17)16-27-24(29)20-11-12-23-19(14-20)5-3-13-28(23)25(30)21-4-2-6-22(26)15-21/h2,4,6-12,14-15H,3,5,13,16H2,1H3,(H,27,29). The minimum atomic E-state index is -0.114. The fourth-order valence-electron chi connectivity index (χ4n) is 3.72. The average molecular weight is 419 g/mol. The number of hydrogen-bond acceptors (Lipinski definition) is 2. The van der Waals surface area contributed by atoms with E-state index < -0.39 is 0 Å². The molecule has 0 unspecified atom stereocenters. The smallest absolute Gasteiger partial charge is 0.258 e.